The normalized spacial score (nSPS) is 26.0. The fourth-order valence-electron chi connectivity index (χ4n) is 2.72. The molecule has 0 aromatic carbocycles. The second kappa shape index (κ2) is 4.79. The van der Waals surface area contributed by atoms with Crippen LogP contribution in [-0.4, -0.2) is 22.9 Å². The third-order valence-electron chi connectivity index (χ3n) is 3.45. The van der Waals surface area contributed by atoms with E-state index in [1.165, 1.54) is 25.0 Å². The number of aryl methyl sites for hydroxylation is 1. The maximum Gasteiger partial charge on any atom is 0.0492 e. The molecule has 1 aliphatic carbocycles. The first kappa shape index (κ1) is 10.7. The second-order valence-electron chi connectivity index (χ2n) is 4.41. The van der Waals surface area contributed by atoms with Crippen LogP contribution >= 0.6 is 0 Å². The Balaban J connectivity index is 2.16. The number of nitrogens with zero attached hydrogens (tertiary/aromatic N) is 2. The summed E-state index contributed by atoms with van der Waals surface area (Å²) in [6.45, 7) is 3.25. The molecule has 1 aromatic rings. The van der Waals surface area contributed by atoms with E-state index < -0.39 is 0 Å². The summed E-state index contributed by atoms with van der Waals surface area (Å²) in [5.74, 6) is 0.670. The van der Waals surface area contributed by atoms with E-state index in [9.17, 15) is 0 Å². The van der Waals surface area contributed by atoms with Gasteiger partial charge in [-0.15, -0.1) is 0 Å². The summed E-state index contributed by atoms with van der Waals surface area (Å²) < 4.78 is 2.18. The zero-order chi connectivity index (χ0) is 10.7. The summed E-state index contributed by atoms with van der Waals surface area (Å²) in [6.07, 6.45) is 7.05. The van der Waals surface area contributed by atoms with Crippen molar-refractivity contribution in [1.29, 1.82) is 0 Å². The molecule has 84 valence electrons. The zero-order valence-electron chi connectivity index (χ0n) is 9.74. The summed E-state index contributed by atoms with van der Waals surface area (Å²) >= 11 is 0. The molecule has 1 aliphatic rings. The van der Waals surface area contributed by atoms with Crippen LogP contribution in [0.15, 0.2) is 12.3 Å². The monoisotopic (exact) mass is 207 g/mol. The van der Waals surface area contributed by atoms with Gasteiger partial charge in [-0.3, -0.25) is 4.68 Å². The van der Waals surface area contributed by atoms with Gasteiger partial charge < -0.3 is 5.32 Å². The first-order chi connectivity index (χ1) is 7.36. The first-order valence-corrected chi connectivity index (χ1v) is 6.05. The third-order valence-corrected chi connectivity index (χ3v) is 3.45. The lowest BCUT2D eigenvalue weighted by molar-refractivity contribution is 0.472. The number of aromatic nitrogens is 2. The summed E-state index contributed by atoms with van der Waals surface area (Å²) in [7, 11) is 2.07. The van der Waals surface area contributed by atoms with Crippen LogP contribution in [0, 0.1) is 0 Å². The summed E-state index contributed by atoms with van der Waals surface area (Å²) in [5, 5.41) is 7.84. The molecule has 2 unspecified atom stereocenters. The Bertz CT molecular complexity index is 306. The van der Waals surface area contributed by atoms with E-state index in [1.54, 1.807) is 0 Å². The van der Waals surface area contributed by atoms with Crippen LogP contribution in [0.3, 0.4) is 0 Å². The van der Waals surface area contributed by atoms with E-state index in [1.807, 2.05) is 6.20 Å². The van der Waals surface area contributed by atoms with Crippen LogP contribution in [0.4, 0.5) is 0 Å². The first-order valence-electron chi connectivity index (χ1n) is 6.05. The van der Waals surface area contributed by atoms with Crippen molar-refractivity contribution in [1.82, 2.24) is 15.1 Å². The highest BCUT2D eigenvalue weighted by Crippen LogP contribution is 2.34. The molecule has 1 N–H and O–H groups in total. The molecule has 1 aromatic heterocycles. The Morgan fingerprint density at radius 2 is 2.40 bits per heavy atom. The van der Waals surface area contributed by atoms with E-state index in [-0.39, 0.29) is 0 Å². The number of hydrogen-bond donors (Lipinski definition) is 1. The molecule has 2 rings (SSSR count). The molecule has 3 heteroatoms. The largest absolute Gasteiger partial charge is 0.316 e. The third kappa shape index (κ3) is 2.07. The number of rotatable bonds is 4. The fraction of sp³-hybridized carbons (Fsp3) is 0.750. The van der Waals surface area contributed by atoms with Gasteiger partial charge >= 0.3 is 0 Å². The Morgan fingerprint density at radius 1 is 1.53 bits per heavy atom. The second-order valence-corrected chi connectivity index (χ2v) is 4.41. The molecule has 15 heavy (non-hydrogen) atoms. The Labute approximate surface area is 91.9 Å². The number of likely N-dealkylation sites (N-methyl/N-ethyl adjacent to an activating group) is 1. The predicted molar refractivity (Wildman–Crippen MR) is 62.0 cm³/mol. The van der Waals surface area contributed by atoms with E-state index in [0.29, 0.717) is 12.0 Å². The van der Waals surface area contributed by atoms with Crippen molar-refractivity contribution in [2.24, 2.45) is 0 Å². The van der Waals surface area contributed by atoms with Crippen LogP contribution in [0.1, 0.15) is 44.2 Å². The Kier molecular flexibility index (Phi) is 3.41. The van der Waals surface area contributed by atoms with E-state index >= 15 is 0 Å². The van der Waals surface area contributed by atoms with Gasteiger partial charge in [-0.1, -0.05) is 13.3 Å². The highest BCUT2D eigenvalue weighted by molar-refractivity contribution is 5.13. The molecule has 0 aliphatic heterocycles. The molecule has 3 nitrogen and oxygen atoms in total. The minimum Gasteiger partial charge on any atom is -0.316 e. The van der Waals surface area contributed by atoms with Gasteiger partial charge in [-0.2, -0.15) is 5.10 Å². The molecule has 1 heterocycles. The lowest BCUT2D eigenvalue weighted by Crippen LogP contribution is -2.29. The van der Waals surface area contributed by atoms with Crippen LogP contribution < -0.4 is 5.32 Å². The maximum atomic E-state index is 4.41. The summed E-state index contributed by atoms with van der Waals surface area (Å²) in [6, 6.07) is 2.84. The van der Waals surface area contributed by atoms with Gasteiger partial charge in [0.15, 0.2) is 0 Å². The zero-order valence-corrected chi connectivity index (χ0v) is 9.74. The van der Waals surface area contributed by atoms with Crippen molar-refractivity contribution in [3.8, 4) is 0 Å². The SMILES string of the molecule is CCCn1nccc1C1CCCC1NC. The minimum absolute atomic E-state index is 0.650. The van der Waals surface area contributed by atoms with Crippen molar-refractivity contribution >= 4 is 0 Å². The Morgan fingerprint density at radius 3 is 3.13 bits per heavy atom. The molecule has 0 amide bonds. The van der Waals surface area contributed by atoms with Crippen LogP contribution in [-0.2, 0) is 6.54 Å². The van der Waals surface area contributed by atoms with Crippen LogP contribution in [0.2, 0.25) is 0 Å². The molecule has 0 saturated heterocycles. The Hall–Kier alpha value is -0.830. The van der Waals surface area contributed by atoms with E-state index in [2.05, 4.69) is 35.1 Å². The van der Waals surface area contributed by atoms with Gasteiger partial charge in [-0.05, 0) is 32.4 Å². The van der Waals surface area contributed by atoms with Crippen molar-refractivity contribution in [2.75, 3.05) is 7.05 Å². The number of nitrogens with one attached hydrogen (secondary N) is 1. The van der Waals surface area contributed by atoms with E-state index in [4.69, 9.17) is 0 Å². The van der Waals surface area contributed by atoms with Crippen molar-refractivity contribution in [2.45, 2.75) is 51.1 Å². The van der Waals surface area contributed by atoms with Crippen LogP contribution in [0.5, 0.6) is 0 Å². The van der Waals surface area contributed by atoms with Gasteiger partial charge in [0.25, 0.3) is 0 Å². The van der Waals surface area contributed by atoms with Crippen LogP contribution in [0.25, 0.3) is 0 Å². The van der Waals surface area contributed by atoms with Gasteiger partial charge in [0, 0.05) is 30.4 Å². The molecular formula is C12H21N3. The van der Waals surface area contributed by atoms with Crippen molar-refractivity contribution in [3.63, 3.8) is 0 Å². The number of hydrogen-bond acceptors (Lipinski definition) is 2. The standard InChI is InChI=1S/C12H21N3/c1-3-9-15-12(7-8-14-15)10-5-4-6-11(10)13-2/h7-8,10-11,13H,3-6,9H2,1-2H3. The van der Waals surface area contributed by atoms with Gasteiger partial charge in [0.05, 0.1) is 0 Å². The molecule has 0 bridgehead atoms. The quantitative estimate of drug-likeness (QED) is 0.820. The molecule has 1 saturated carbocycles. The topological polar surface area (TPSA) is 29.9 Å². The highest BCUT2D eigenvalue weighted by atomic mass is 15.3. The van der Waals surface area contributed by atoms with Gasteiger partial charge in [0.1, 0.15) is 0 Å². The molecule has 0 radical (unpaired) electrons. The predicted octanol–water partition coefficient (Wildman–Crippen LogP) is 2.15. The van der Waals surface area contributed by atoms with E-state index in [0.717, 1.165) is 13.0 Å². The van der Waals surface area contributed by atoms with Crippen molar-refractivity contribution < 1.29 is 0 Å². The smallest absolute Gasteiger partial charge is 0.0492 e. The highest BCUT2D eigenvalue weighted by Gasteiger charge is 2.29. The molecule has 2 atom stereocenters. The summed E-state index contributed by atoms with van der Waals surface area (Å²) in [5.41, 5.74) is 1.42. The summed E-state index contributed by atoms with van der Waals surface area (Å²) in [4.78, 5) is 0. The maximum absolute atomic E-state index is 4.41. The lowest BCUT2D eigenvalue weighted by atomic mass is 9.99. The average Bonchev–Trinajstić information content (AvgIpc) is 2.84. The average molecular weight is 207 g/mol. The fourth-order valence-corrected chi connectivity index (χ4v) is 2.72. The minimum atomic E-state index is 0.650. The van der Waals surface area contributed by atoms with Gasteiger partial charge in [0.2, 0.25) is 0 Å². The lowest BCUT2D eigenvalue weighted by Gasteiger charge is -2.20. The van der Waals surface area contributed by atoms with Crippen molar-refractivity contribution in [3.05, 3.63) is 18.0 Å². The van der Waals surface area contributed by atoms with Gasteiger partial charge in [-0.25, -0.2) is 0 Å². The molecule has 0 spiro atoms. The molecule has 1 fully saturated rings. The molecular weight excluding hydrogens is 186 g/mol.